The first-order valence-corrected chi connectivity index (χ1v) is 10.7. The van der Waals surface area contributed by atoms with Crippen molar-refractivity contribution in [1.29, 1.82) is 0 Å². The zero-order valence-corrected chi connectivity index (χ0v) is 16.8. The molecule has 1 N–H and O–H groups in total. The van der Waals surface area contributed by atoms with Gasteiger partial charge >= 0.3 is 0 Å². The highest BCUT2D eigenvalue weighted by Crippen LogP contribution is 2.29. The highest BCUT2D eigenvalue weighted by atomic mass is 79.9. The maximum absolute atomic E-state index is 12.5. The van der Waals surface area contributed by atoms with Crippen LogP contribution in [0.3, 0.4) is 0 Å². The summed E-state index contributed by atoms with van der Waals surface area (Å²) in [6.07, 6.45) is 3.59. The van der Waals surface area contributed by atoms with Crippen molar-refractivity contribution < 1.29 is 8.42 Å². The number of anilines is 1. The van der Waals surface area contributed by atoms with Crippen molar-refractivity contribution in [2.24, 2.45) is 0 Å². The molecule has 26 heavy (non-hydrogen) atoms. The van der Waals surface area contributed by atoms with Crippen molar-refractivity contribution in [1.82, 2.24) is 14.4 Å². The predicted molar refractivity (Wildman–Crippen MR) is 106 cm³/mol. The Bertz CT molecular complexity index is 1210. The molecule has 0 radical (unpaired) electrons. The number of imidazole rings is 1. The summed E-state index contributed by atoms with van der Waals surface area (Å²) in [6.45, 7) is 1.96. The third kappa shape index (κ3) is 3.13. The van der Waals surface area contributed by atoms with E-state index in [4.69, 9.17) is 0 Å². The van der Waals surface area contributed by atoms with Gasteiger partial charge < -0.3 is 0 Å². The largest absolute Gasteiger partial charge is 0.288 e. The topological polar surface area (TPSA) is 76.4 Å². The van der Waals surface area contributed by atoms with E-state index < -0.39 is 10.0 Å². The van der Waals surface area contributed by atoms with Crippen LogP contribution in [0.25, 0.3) is 17.0 Å². The Labute approximate surface area is 162 Å². The van der Waals surface area contributed by atoms with Crippen molar-refractivity contribution in [2.45, 2.75) is 11.1 Å². The van der Waals surface area contributed by atoms with E-state index in [0.29, 0.717) is 11.5 Å². The van der Waals surface area contributed by atoms with Crippen LogP contribution in [-0.2, 0) is 10.0 Å². The fourth-order valence-electron chi connectivity index (χ4n) is 2.65. The lowest BCUT2D eigenvalue weighted by Gasteiger charge is -2.08. The number of nitrogens with zero attached hydrogens (tertiary/aromatic N) is 3. The van der Waals surface area contributed by atoms with Crippen LogP contribution in [0.1, 0.15) is 5.69 Å². The zero-order valence-electron chi connectivity index (χ0n) is 13.5. The SMILES string of the molecule is Cc1c(-c2cccc(NS(=O)(=O)c3ccc(Br)s3)c2)nc2ncccn12. The molecule has 0 atom stereocenters. The van der Waals surface area contributed by atoms with Crippen LogP contribution in [0.4, 0.5) is 5.69 Å². The van der Waals surface area contributed by atoms with Crippen LogP contribution < -0.4 is 4.72 Å². The third-order valence-electron chi connectivity index (χ3n) is 3.84. The summed E-state index contributed by atoms with van der Waals surface area (Å²) in [4.78, 5) is 8.80. The van der Waals surface area contributed by atoms with Gasteiger partial charge in [0.25, 0.3) is 10.0 Å². The molecular formula is C17H13BrN4O2S2. The number of aryl methyl sites for hydroxylation is 1. The van der Waals surface area contributed by atoms with Gasteiger partial charge in [-0.1, -0.05) is 12.1 Å². The van der Waals surface area contributed by atoms with Gasteiger partial charge in [0.2, 0.25) is 5.78 Å². The van der Waals surface area contributed by atoms with E-state index in [9.17, 15) is 8.42 Å². The van der Waals surface area contributed by atoms with Gasteiger partial charge in [0, 0.05) is 29.3 Å². The van der Waals surface area contributed by atoms with Gasteiger partial charge in [-0.05, 0) is 53.2 Å². The number of halogens is 1. The highest BCUT2D eigenvalue weighted by molar-refractivity contribution is 9.11. The Balaban J connectivity index is 1.71. The second-order valence-electron chi connectivity index (χ2n) is 5.58. The lowest BCUT2D eigenvalue weighted by atomic mass is 10.1. The van der Waals surface area contributed by atoms with Crippen molar-refractivity contribution in [3.63, 3.8) is 0 Å². The molecular weight excluding hydrogens is 436 g/mol. The Morgan fingerprint density at radius 3 is 2.77 bits per heavy atom. The molecule has 132 valence electrons. The molecule has 1 aromatic carbocycles. The van der Waals surface area contributed by atoms with Crippen molar-refractivity contribution >= 4 is 48.8 Å². The van der Waals surface area contributed by atoms with Crippen LogP contribution in [-0.4, -0.2) is 22.8 Å². The predicted octanol–water partition coefficient (Wildman–Crippen LogP) is 4.33. The monoisotopic (exact) mass is 448 g/mol. The second kappa shape index (κ2) is 6.49. The first-order valence-electron chi connectivity index (χ1n) is 7.62. The van der Waals surface area contributed by atoms with Crippen LogP contribution >= 0.6 is 27.3 Å². The molecule has 0 saturated heterocycles. The van der Waals surface area contributed by atoms with Crippen molar-refractivity contribution in [2.75, 3.05) is 4.72 Å². The van der Waals surface area contributed by atoms with Gasteiger partial charge in [-0.25, -0.2) is 18.4 Å². The van der Waals surface area contributed by atoms with E-state index in [-0.39, 0.29) is 4.21 Å². The third-order valence-corrected chi connectivity index (χ3v) is 7.34. The summed E-state index contributed by atoms with van der Waals surface area (Å²) in [5, 5.41) is 0. The van der Waals surface area contributed by atoms with Gasteiger partial charge in [0.05, 0.1) is 9.48 Å². The molecule has 0 saturated carbocycles. The van der Waals surface area contributed by atoms with E-state index in [1.54, 1.807) is 36.5 Å². The first kappa shape index (κ1) is 17.2. The lowest BCUT2D eigenvalue weighted by molar-refractivity contribution is 0.603. The molecule has 3 aromatic heterocycles. The molecule has 9 heteroatoms. The number of sulfonamides is 1. The molecule has 0 aliphatic heterocycles. The molecule has 0 aliphatic carbocycles. The number of aromatic nitrogens is 3. The molecule has 0 fully saturated rings. The molecule has 0 bridgehead atoms. The number of benzene rings is 1. The van der Waals surface area contributed by atoms with Gasteiger partial charge in [-0.3, -0.25) is 9.12 Å². The minimum absolute atomic E-state index is 0.253. The maximum atomic E-state index is 12.5. The highest BCUT2D eigenvalue weighted by Gasteiger charge is 2.17. The summed E-state index contributed by atoms with van der Waals surface area (Å²) >= 11 is 4.45. The molecule has 0 amide bonds. The molecule has 0 aliphatic rings. The number of thiophene rings is 1. The lowest BCUT2D eigenvalue weighted by Crippen LogP contribution is -2.11. The molecule has 4 rings (SSSR count). The molecule has 0 spiro atoms. The molecule has 3 heterocycles. The Morgan fingerprint density at radius 2 is 2.04 bits per heavy atom. The normalized spacial score (nSPS) is 11.8. The van der Waals surface area contributed by atoms with Gasteiger partial charge in [-0.15, -0.1) is 11.3 Å². The van der Waals surface area contributed by atoms with Crippen LogP contribution in [0, 0.1) is 6.92 Å². The van der Waals surface area contributed by atoms with Gasteiger partial charge in [-0.2, -0.15) is 0 Å². The number of hydrogen-bond acceptors (Lipinski definition) is 5. The summed E-state index contributed by atoms with van der Waals surface area (Å²) in [5.41, 5.74) is 3.01. The summed E-state index contributed by atoms with van der Waals surface area (Å²) in [5.74, 6) is 0.606. The van der Waals surface area contributed by atoms with Crippen LogP contribution in [0.15, 0.2) is 62.9 Å². The summed E-state index contributed by atoms with van der Waals surface area (Å²) in [6, 6.07) is 12.3. The standard InChI is InChI=1S/C17H13BrN4O2S2/c1-11-16(20-17-19-8-3-9-22(11)17)12-4-2-5-13(10-12)21-26(23,24)15-7-6-14(18)25-15/h2-10,21H,1H3. The van der Waals surface area contributed by atoms with E-state index in [1.807, 2.05) is 29.7 Å². The first-order chi connectivity index (χ1) is 12.4. The van der Waals surface area contributed by atoms with E-state index in [2.05, 4.69) is 30.6 Å². The Morgan fingerprint density at radius 1 is 1.19 bits per heavy atom. The maximum Gasteiger partial charge on any atom is 0.271 e. The van der Waals surface area contributed by atoms with E-state index in [1.165, 1.54) is 0 Å². The van der Waals surface area contributed by atoms with Crippen LogP contribution in [0.2, 0.25) is 0 Å². The Kier molecular flexibility index (Phi) is 4.29. The molecule has 4 aromatic rings. The van der Waals surface area contributed by atoms with Crippen molar-refractivity contribution in [3.8, 4) is 11.3 Å². The fourth-order valence-corrected chi connectivity index (χ4v) is 5.71. The fraction of sp³-hybridized carbons (Fsp3) is 0.0588. The number of hydrogen-bond donors (Lipinski definition) is 1. The number of fused-ring (bicyclic) bond motifs is 1. The van der Waals surface area contributed by atoms with Gasteiger partial charge in [0.15, 0.2) is 0 Å². The minimum atomic E-state index is -3.63. The van der Waals surface area contributed by atoms with E-state index >= 15 is 0 Å². The van der Waals surface area contributed by atoms with E-state index in [0.717, 1.165) is 32.1 Å². The number of nitrogens with one attached hydrogen (secondary N) is 1. The summed E-state index contributed by atoms with van der Waals surface area (Å²) in [7, 11) is -3.63. The average Bonchev–Trinajstić information content (AvgIpc) is 3.20. The number of rotatable bonds is 4. The smallest absolute Gasteiger partial charge is 0.271 e. The second-order valence-corrected chi connectivity index (χ2v) is 9.95. The zero-order chi connectivity index (χ0) is 18.3. The van der Waals surface area contributed by atoms with Gasteiger partial charge in [0.1, 0.15) is 4.21 Å². The molecule has 6 nitrogen and oxygen atoms in total. The quantitative estimate of drug-likeness (QED) is 0.503. The Hall–Kier alpha value is -2.23. The van der Waals surface area contributed by atoms with Crippen LogP contribution in [0.5, 0.6) is 0 Å². The average molecular weight is 449 g/mol. The molecule has 0 unspecified atom stereocenters. The minimum Gasteiger partial charge on any atom is -0.288 e. The summed E-state index contributed by atoms with van der Waals surface area (Å²) < 4.78 is 30.6. The van der Waals surface area contributed by atoms with Crippen molar-refractivity contribution in [3.05, 3.63) is 64.3 Å².